The van der Waals surface area contributed by atoms with Crippen molar-refractivity contribution in [3.8, 4) is 5.75 Å². The monoisotopic (exact) mass is 467 g/mol. The number of aryl methyl sites for hydroxylation is 1. The summed E-state index contributed by atoms with van der Waals surface area (Å²) in [5.74, 6) is 0.179. The molecule has 0 unspecified atom stereocenters. The molecule has 4 aromatic rings. The number of rotatable bonds is 7. The molecular formula is C24H21NO5S2. The summed E-state index contributed by atoms with van der Waals surface area (Å²) >= 11 is 1.53. The van der Waals surface area contributed by atoms with Gasteiger partial charge in [0, 0.05) is 10.6 Å². The van der Waals surface area contributed by atoms with Crippen LogP contribution in [-0.4, -0.2) is 21.4 Å². The van der Waals surface area contributed by atoms with Crippen LogP contribution in [0, 0.1) is 6.92 Å². The molecule has 0 fully saturated rings. The average molecular weight is 468 g/mol. The number of hydrogen-bond acceptors (Lipinski definition) is 6. The Balaban J connectivity index is 1.66. The van der Waals surface area contributed by atoms with Crippen LogP contribution < -0.4 is 9.64 Å². The summed E-state index contributed by atoms with van der Waals surface area (Å²) in [5, 5.41) is 1.67. The molecule has 2 aromatic heterocycles. The fraction of sp³-hybridized carbons (Fsp3) is 0.125. The Morgan fingerprint density at radius 2 is 1.72 bits per heavy atom. The number of anilines is 1. The molecule has 0 aliphatic heterocycles. The zero-order valence-corrected chi connectivity index (χ0v) is 19.2. The van der Waals surface area contributed by atoms with Gasteiger partial charge in [-0.05, 0) is 66.9 Å². The third-order valence-electron chi connectivity index (χ3n) is 4.91. The molecule has 2 aromatic carbocycles. The van der Waals surface area contributed by atoms with Gasteiger partial charge in [-0.25, -0.2) is 8.42 Å². The molecule has 8 heteroatoms. The van der Waals surface area contributed by atoms with Crippen molar-refractivity contribution in [1.82, 2.24) is 0 Å². The number of thiophene rings is 1. The van der Waals surface area contributed by atoms with Crippen LogP contribution in [0.1, 0.15) is 21.0 Å². The number of amides is 1. The molecule has 0 N–H and O–H groups in total. The van der Waals surface area contributed by atoms with Crippen LogP contribution in [0.2, 0.25) is 0 Å². The van der Waals surface area contributed by atoms with Crippen molar-refractivity contribution in [2.75, 3.05) is 12.0 Å². The second-order valence-corrected chi connectivity index (χ2v) is 10.0. The van der Waals surface area contributed by atoms with E-state index in [9.17, 15) is 13.2 Å². The predicted molar refractivity (Wildman–Crippen MR) is 123 cm³/mol. The topological polar surface area (TPSA) is 76.8 Å². The van der Waals surface area contributed by atoms with Crippen LogP contribution in [0.25, 0.3) is 0 Å². The number of carbonyl (C=O) groups is 1. The van der Waals surface area contributed by atoms with Crippen LogP contribution in [0.5, 0.6) is 5.75 Å². The number of hydrogen-bond donors (Lipinski definition) is 0. The van der Waals surface area contributed by atoms with Crippen LogP contribution >= 0.6 is 11.3 Å². The van der Waals surface area contributed by atoms with Crippen LogP contribution in [0.4, 0.5) is 5.69 Å². The average Bonchev–Trinajstić information content (AvgIpc) is 3.50. The summed E-state index contributed by atoms with van der Waals surface area (Å²) in [4.78, 5) is 16.0. The van der Waals surface area contributed by atoms with E-state index in [1.165, 1.54) is 35.6 Å². The van der Waals surface area contributed by atoms with Gasteiger partial charge in [0.1, 0.15) is 5.75 Å². The van der Waals surface area contributed by atoms with E-state index in [0.717, 1.165) is 10.4 Å². The fourth-order valence-electron chi connectivity index (χ4n) is 3.15. The molecule has 4 rings (SSSR count). The fourth-order valence-corrected chi connectivity index (χ4v) is 5.01. The maximum absolute atomic E-state index is 13.4. The molecule has 2 heterocycles. The predicted octanol–water partition coefficient (Wildman–Crippen LogP) is 5.34. The highest BCUT2D eigenvalue weighted by Crippen LogP contribution is 2.27. The van der Waals surface area contributed by atoms with E-state index < -0.39 is 15.7 Å². The Morgan fingerprint density at radius 1 is 1.00 bits per heavy atom. The summed E-state index contributed by atoms with van der Waals surface area (Å²) in [6.45, 7) is 2.20. The largest absolute Gasteiger partial charge is 0.497 e. The Hall–Kier alpha value is -3.36. The first-order valence-corrected chi connectivity index (χ1v) is 12.1. The molecule has 0 aliphatic carbocycles. The quantitative estimate of drug-likeness (QED) is 0.367. The highest BCUT2D eigenvalue weighted by Gasteiger charge is 2.26. The molecule has 6 nitrogen and oxygen atoms in total. The van der Waals surface area contributed by atoms with Crippen molar-refractivity contribution < 1.29 is 22.4 Å². The first kappa shape index (κ1) is 21.9. The molecule has 1 amide bonds. The number of benzene rings is 2. The molecule has 0 radical (unpaired) electrons. The van der Waals surface area contributed by atoms with Crippen molar-refractivity contribution in [1.29, 1.82) is 0 Å². The Kier molecular flexibility index (Phi) is 6.16. The number of carbonyl (C=O) groups excluding carboxylic acids is 1. The third kappa shape index (κ3) is 4.46. The lowest BCUT2D eigenvalue weighted by Crippen LogP contribution is -2.29. The van der Waals surface area contributed by atoms with Gasteiger partial charge in [-0.3, -0.25) is 4.79 Å². The normalized spacial score (nSPS) is 11.3. The van der Waals surface area contributed by atoms with E-state index >= 15 is 0 Å². The smallest absolute Gasteiger partial charge is 0.294 e. The van der Waals surface area contributed by atoms with Gasteiger partial charge in [0.15, 0.2) is 5.76 Å². The maximum atomic E-state index is 13.4. The lowest BCUT2D eigenvalue weighted by molar-refractivity contribution is 0.0953. The number of furan rings is 1. The van der Waals surface area contributed by atoms with Crippen molar-refractivity contribution in [3.63, 3.8) is 0 Å². The Bertz CT molecular complexity index is 1310. The summed E-state index contributed by atoms with van der Waals surface area (Å²) in [7, 11) is -2.30. The molecule has 0 aliphatic rings. The van der Waals surface area contributed by atoms with E-state index in [4.69, 9.17) is 9.15 Å². The summed E-state index contributed by atoms with van der Waals surface area (Å²) < 4.78 is 36.6. The maximum Gasteiger partial charge on any atom is 0.294 e. The first-order valence-electron chi connectivity index (χ1n) is 9.78. The lowest BCUT2D eigenvalue weighted by Gasteiger charge is -2.21. The van der Waals surface area contributed by atoms with Crippen LogP contribution in [0.15, 0.2) is 92.6 Å². The molecule has 0 saturated carbocycles. The SMILES string of the molecule is COc1ccc(N(Cc2cccs2)C(=O)c2ccc(S(=O)(=O)c3ccc(C)cc3)o2)cc1. The van der Waals surface area contributed by atoms with E-state index in [-0.39, 0.29) is 15.7 Å². The first-order chi connectivity index (χ1) is 15.4. The van der Waals surface area contributed by atoms with E-state index in [0.29, 0.717) is 18.0 Å². The van der Waals surface area contributed by atoms with E-state index in [1.807, 2.05) is 24.4 Å². The minimum Gasteiger partial charge on any atom is -0.497 e. The van der Waals surface area contributed by atoms with Crippen molar-refractivity contribution in [2.45, 2.75) is 23.5 Å². The molecule has 32 heavy (non-hydrogen) atoms. The van der Waals surface area contributed by atoms with Gasteiger partial charge in [-0.2, -0.15) is 0 Å². The van der Waals surface area contributed by atoms with Gasteiger partial charge in [-0.1, -0.05) is 23.8 Å². The van der Waals surface area contributed by atoms with Crippen LogP contribution in [0.3, 0.4) is 0 Å². The lowest BCUT2D eigenvalue weighted by atomic mass is 10.2. The number of methoxy groups -OCH3 is 1. The highest BCUT2D eigenvalue weighted by molar-refractivity contribution is 7.91. The standard InChI is InChI=1S/C24H21NO5S2/c1-17-5-11-21(12-6-17)32(27,28)23-14-13-22(30-23)24(26)25(16-20-4-3-15-31-20)18-7-9-19(29-2)10-8-18/h3-15H,16H2,1-2H3. The zero-order valence-electron chi connectivity index (χ0n) is 17.5. The molecule has 0 saturated heterocycles. The van der Waals surface area contributed by atoms with Crippen molar-refractivity contribution >= 4 is 32.8 Å². The van der Waals surface area contributed by atoms with Gasteiger partial charge >= 0.3 is 0 Å². The number of sulfone groups is 1. The third-order valence-corrected chi connectivity index (χ3v) is 7.41. The summed E-state index contributed by atoms with van der Waals surface area (Å²) in [6, 6.07) is 20.1. The van der Waals surface area contributed by atoms with Crippen molar-refractivity contribution in [2.24, 2.45) is 0 Å². The van der Waals surface area contributed by atoms with Gasteiger partial charge in [0.05, 0.1) is 18.6 Å². The van der Waals surface area contributed by atoms with Gasteiger partial charge in [0.2, 0.25) is 14.9 Å². The zero-order chi connectivity index (χ0) is 22.7. The summed E-state index contributed by atoms with van der Waals surface area (Å²) in [6.07, 6.45) is 0. The molecule has 164 valence electrons. The van der Waals surface area contributed by atoms with Gasteiger partial charge < -0.3 is 14.1 Å². The van der Waals surface area contributed by atoms with Crippen LogP contribution in [-0.2, 0) is 16.4 Å². The van der Waals surface area contributed by atoms with Gasteiger partial charge in [-0.15, -0.1) is 11.3 Å². The second-order valence-electron chi connectivity index (χ2n) is 7.10. The molecular weight excluding hydrogens is 446 g/mol. The minimum absolute atomic E-state index is 0.0527. The Labute approximate surface area is 190 Å². The van der Waals surface area contributed by atoms with E-state index in [2.05, 4.69) is 0 Å². The Morgan fingerprint density at radius 3 is 2.34 bits per heavy atom. The number of ether oxygens (including phenoxy) is 1. The highest BCUT2D eigenvalue weighted by atomic mass is 32.2. The minimum atomic E-state index is -3.87. The van der Waals surface area contributed by atoms with Crippen molar-refractivity contribution in [3.05, 3.63) is 94.4 Å². The number of nitrogens with zero attached hydrogens (tertiary/aromatic N) is 1. The molecule has 0 bridgehead atoms. The van der Waals surface area contributed by atoms with Gasteiger partial charge in [0.25, 0.3) is 5.91 Å². The summed E-state index contributed by atoms with van der Waals surface area (Å²) in [5.41, 5.74) is 1.59. The second kappa shape index (κ2) is 9.02. The molecule has 0 atom stereocenters. The molecule has 0 spiro atoms. The van der Waals surface area contributed by atoms with E-state index in [1.54, 1.807) is 48.4 Å².